The molecule has 0 bridgehead atoms. The molecule has 7 atom stereocenters. The number of ether oxygens (including phenoxy) is 1. The van der Waals surface area contributed by atoms with Gasteiger partial charge in [-0.3, -0.25) is 4.79 Å². The molecule has 3 heteroatoms. The van der Waals surface area contributed by atoms with Crippen LogP contribution in [0, 0.1) is 23.7 Å². The summed E-state index contributed by atoms with van der Waals surface area (Å²) < 4.78 is 6.30. The molecular formula is C23H42O3. The van der Waals surface area contributed by atoms with E-state index in [0.29, 0.717) is 18.3 Å². The van der Waals surface area contributed by atoms with Gasteiger partial charge in [0.25, 0.3) is 0 Å². The van der Waals surface area contributed by atoms with Crippen molar-refractivity contribution in [1.29, 1.82) is 0 Å². The molecule has 0 radical (unpaired) electrons. The Bertz CT molecular complexity index is 458. The lowest BCUT2D eigenvalue weighted by Gasteiger charge is -2.31. The lowest BCUT2D eigenvalue weighted by atomic mass is 9.83. The first kappa shape index (κ1) is 23.4. The molecule has 1 aliphatic rings. The highest BCUT2D eigenvalue weighted by atomic mass is 16.5. The highest BCUT2D eigenvalue weighted by Gasteiger charge is 2.35. The van der Waals surface area contributed by atoms with E-state index in [1.165, 1.54) is 0 Å². The van der Waals surface area contributed by atoms with E-state index in [9.17, 15) is 9.90 Å². The maximum atomic E-state index is 12.0. The predicted molar refractivity (Wildman–Crippen MR) is 109 cm³/mol. The summed E-state index contributed by atoms with van der Waals surface area (Å²) in [7, 11) is 0. The molecule has 3 nitrogen and oxygen atoms in total. The van der Waals surface area contributed by atoms with Crippen LogP contribution in [-0.4, -0.2) is 28.7 Å². The third-order valence-corrected chi connectivity index (χ3v) is 6.46. The van der Waals surface area contributed by atoms with Gasteiger partial charge in [0.15, 0.2) is 0 Å². The largest absolute Gasteiger partial charge is 0.392 e. The SMILES string of the molecule is CCCC(=O)C(C)C(O)C(C)CC(C)CCC1C=CC(C)(C(C)CC)O1. The molecule has 1 aliphatic heterocycles. The van der Waals surface area contributed by atoms with Crippen LogP contribution in [0.2, 0.25) is 0 Å². The van der Waals surface area contributed by atoms with Crippen molar-refractivity contribution in [3.05, 3.63) is 12.2 Å². The topological polar surface area (TPSA) is 46.5 Å². The minimum Gasteiger partial charge on any atom is -0.392 e. The van der Waals surface area contributed by atoms with E-state index in [2.05, 4.69) is 46.8 Å². The number of hydrogen-bond donors (Lipinski definition) is 1. The zero-order valence-electron chi connectivity index (χ0n) is 18.1. The van der Waals surface area contributed by atoms with Gasteiger partial charge in [0, 0.05) is 12.3 Å². The molecule has 0 aromatic heterocycles. The van der Waals surface area contributed by atoms with Gasteiger partial charge in [-0.05, 0) is 50.4 Å². The van der Waals surface area contributed by atoms with Crippen LogP contribution in [0.1, 0.15) is 87.0 Å². The number of carbonyl (C=O) groups is 1. The maximum Gasteiger partial charge on any atom is 0.138 e. The average molecular weight is 367 g/mol. The summed E-state index contributed by atoms with van der Waals surface area (Å²) in [5, 5.41) is 10.5. The van der Waals surface area contributed by atoms with E-state index in [-0.39, 0.29) is 29.3 Å². The maximum absolute atomic E-state index is 12.0. The first-order chi connectivity index (χ1) is 12.1. The molecule has 0 saturated carbocycles. The standard InChI is InChI=1S/C23H42O3/c1-8-10-21(24)19(6)22(25)17(4)15-16(3)11-12-20-13-14-23(7,26-20)18(5)9-2/h13-14,16-20,22,25H,8-12,15H2,1-7H3. The van der Waals surface area contributed by atoms with Crippen molar-refractivity contribution < 1.29 is 14.6 Å². The molecular weight excluding hydrogens is 324 g/mol. The van der Waals surface area contributed by atoms with Crippen LogP contribution in [0.25, 0.3) is 0 Å². The molecule has 0 aromatic rings. The van der Waals surface area contributed by atoms with Crippen LogP contribution in [-0.2, 0) is 9.53 Å². The first-order valence-corrected chi connectivity index (χ1v) is 10.7. The minimum absolute atomic E-state index is 0.124. The van der Waals surface area contributed by atoms with Crippen LogP contribution in [0.4, 0.5) is 0 Å². The van der Waals surface area contributed by atoms with Crippen molar-refractivity contribution in [1.82, 2.24) is 0 Å². The summed E-state index contributed by atoms with van der Waals surface area (Å²) in [6.07, 6.45) is 9.74. The zero-order valence-corrected chi connectivity index (χ0v) is 18.1. The van der Waals surface area contributed by atoms with Gasteiger partial charge >= 0.3 is 0 Å². The molecule has 0 fully saturated rings. The fourth-order valence-electron chi connectivity index (χ4n) is 4.04. The van der Waals surface area contributed by atoms with Crippen LogP contribution >= 0.6 is 0 Å². The molecule has 1 N–H and O–H groups in total. The molecule has 152 valence electrons. The molecule has 1 rings (SSSR count). The first-order valence-electron chi connectivity index (χ1n) is 10.7. The quantitative estimate of drug-likeness (QED) is 0.460. The normalized spacial score (nSPS) is 28.5. The predicted octanol–water partition coefficient (Wildman–Crippen LogP) is 5.55. The summed E-state index contributed by atoms with van der Waals surface area (Å²) in [4.78, 5) is 12.0. The summed E-state index contributed by atoms with van der Waals surface area (Å²) in [5.74, 6) is 1.12. The second-order valence-corrected chi connectivity index (χ2v) is 8.90. The Morgan fingerprint density at radius 3 is 2.46 bits per heavy atom. The number of aliphatic hydroxyl groups is 1. The van der Waals surface area contributed by atoms with E-state index in [1.54, 1.807) is 0 Å². The molecule has 7 unspecified atom stereocenters. The number of hydrogen-bond acceptors (Lipinski definition) is 3. The second kappa shape index (κ2) is 10.6. The van der Waals surface area contributed by atoms with E-state index >= 15 is 0 Å². The smallest absolute Gasteiger partial charge is 0.138 e. The second-order valence-electron chi connectivity index (χ2n) is 8.90. The monoisotopic (exact) mass is 366 g/mol. The van der Waals surface area contributed by atoms with Crippen molar-refractivity contribution in [3.8, 4) is 0 Å². The minimum atomic E-state index is -0.534. The molecule has 0 aromatic carbocycles. The number of Topliss-reactive ketones (excluding diaryl/α,β-unsaturated/α-hetero) is 1. The van der Waals surface area contributed by atoms with Crippen molar-refractivity contribution in [2.24, 2.45) is 23.7 Å². The molecule has 0 saturated heterocycles. The van der Waals surface area contributed by atoms with Crippen LogP contribution in [0.3, 0.4) is 0 Å². The fourth-order valence-corrected chi connectivity index (χ4v) is 4.04. The Balaban J connectivity index is 2.39. The number of aliphatic hydroxyl groups excluding tert-OH is 1. The van der Waals surface area contributed by atoms with E-state index in [4.69, 9.17) is 4.74 Å². The zero-order chi connectivity index (χ0) is 19.9. The Morgan fingerprint density at radius 2 is 1.88 bits per heavy atom. The summed E-state index contributed by atoms with van der Waals surface area (Å²) in [6, 6.07) is 0. The third-order valence-electron chi connectivity index (χ3n) is 6.46. The van der Waals surface area contributed by atoms with E-state index in [1.807, 2.05) is 13.8 Å². The Morgan fingerprint density at radius 1 is 1.23 bits per heavy atom. The van der Waals surface area contributed by atoms with Crippen LogP contribution < -0.4 is 0 Å². The number of rotatable bonds is 12. The molecule has 0 aliphatic carbocycles. The summed E-state index contributed by atoms with van der Waals surface area (Å²) in [5.41, 5.74) is -0.124. The van der Waals surface area contributed by atoms with Gasteiger partial charge in [0.1, 0.15) is 5.78 Å². The Hall–Kier alpha value is -0.670. The van der Waals surface area contributed by atoms with Gasteiger partial charge in [-0.25, -0.2) is 0 Å². The van der Waals surface area contributed by atoms with Gasteiger partial charge in [0.05, 0.1) is 17.8 Å². The lowest BCUT2D eigenvalue weighted by molar-refractivity contribution is -0.127. The molecule has 26 heavy (non-hydrogen) atoms. The van der Waals surface area contributed by atoms with E-state index in [0.717, 1.165) is 32.1 Å². The molecule has 0 spiro atoms. The Kier molecular flexibility index (Phi) is 9.54. The number of carbonyl (C=O) groups excluding carboxylic acids is 1. The van der Waals surface area contributed by atoms with Gasteiger partial charge < -0.3 is 9.84 Å². The molecule has 0 amide bonds. The summed E-state index contributed by atoms with van der Waals surface area (Å²) >= 11 is 0. The van der Waals surface area contributed by atoms with Gasteiger partial charge in [-0.2, -0.15) is 0 Å². The van der Waals surface area contributed by atoms with Crippen molar-refractivity contribution in [3.63, 3.8) is 0 Å². The van der Waals surface area contributed by atoms with Gasteiger partial charge in [0.2, 0.25) is 0 Å². The highest BCUT2D eigenvalue weighted by molar-refractivity contribution is 5.81. The molecule has 1 heterocycles. The van der Waals surface area contributed by atoms with Gasteiger partial charge in [-0.1, -0.05) is 60.1 Å². The van der Waals surface area contributed by atoms with Crippen molar-refractivity contribution in [2.75, 3.05) is 0 Å². The average Bonchev–Trinajstić information content (AvgIpc) is 3.00. The summed E-state index contributed by atoms with van der Waals surface area (Å²) in [6.45, 7) is 14.8. The third kappa shape index (κ3) is 6.49. The van der Waals surface area contributed by atoms with Crippen LogP contribution in [0.15, 0.2) is 12.2 Å². The fraction of sp³-hybridized carbons (Fsp3) is 0.870. The van der Waals surface area contributed by atoms with Gasteiger partial charge in [-0.15, -0.1) is 0 Å². The lowest BCUT2D eigenvalue weighted by Crippen LogP contribution is -2.33. The van der Waals surface area contributed by atoms with Crippen molar-refractivity contribution >= 4 is 5.78 Å². The number of ketones is 1. The van der Waals surface area contributed by atoms with Crippen LogP contribution in [0.5, 0.6) is 0 Å². The Labute approximate surface area is 161 Å². The van der Waals surface area contributed by atoms with E-state index < -0.39 is 6.10 Å². The highest BCUT2D eigenvalue weighted by Crippen LogP contribution is 2.34. The van der Waals surface area contributed by atoms with Crippen molar-refractivity contribution in [2.45, 2.75) is 105 Å².